The van der Waals surface area contributed by atoms with Crippen LogP contribution in [0.15, 0.2) is 30.3 Å². The first-order chi connectivity index (χ1) is 22.5. The average molecular weight is 656 g/mol. The molecule has 0 unspecified atom stereocenters. The molecule has 1 aliphatic rings. The smallest absolute Gasteiger partial charge is 0.408 e. The molecule has 0 spiro atoms. The predicted molar refractivity (Wildman–Crippen MR) is 190 cm³/mol. The van der Waals surface area contributed by atoms with Gasteiger partial charge in [-0.2, -0.15) is 0 Å². The molecule has 0 radical (unpaired) electrons. The number of carbonyl (C=O) groups excluding carboxylic acids is 4. The third-order valence-electron chi connectivity index (χ3n) is 9.36. The van der Waals surface area contributed by atoms with E-state index in [1.165, 1.54) is 38.5 Å². The first-order valence-electron chi connectivity index (χ1n) is 18.5. The molecule has 3 atom stereocenters. The minimum Gasteiger partial charge on any atom is -0.445 e. The number of amides is 3. The zero-order valence-corrected chi connectivity index (χ0v) is 30.3. The normalized spacial score (nSPS) is 18.1. The zero-order chi connectivity index (χ0) is 34.7. The molecule has 1 aliphatic carbocycles. The van der Waals surface area contributed by atoms with Gasteiger partial charge in [0.1, 0.15) is 25.0 Å². The Bertz CT molecular complexity index is 1040. The van der Waals surface area contributed by atoms with Crippen molar-refractivity contribution in [2.75, 3.05) is 0 Å². The zero-order valence-electron chi connectivity index (χ0n) is 30.3. The van der Waals surface area contributed by atoms with Crippen molar-refractivity contribution in [3.8, 4) is 0 Å². The summed E-state index contributed by atoms with van der Waals surface area (Å²) >= 11 is 0. The second-order valence-corrected chi connectivity index (χ2v) is 15.2. The monoisotopic (exact) mass is 655 g/mol. The van der Waals surface area contributed by atoms with Gasteiger partial charge in [-0.25, -0.2) is 4.79 Å². The number of hydrogen-bond acceptors (Lipinski definition) is 5. The van der Waals surface area contributed by atoms with E-state index >= 15 is 0 Å². The highest BCUT2D eigenvalue weighted by Gasteiger charge is 2.40. The number of alkyl carbamates (subject to hydrolysis) is 1. The number of carbonyl (C=O) groups is 4. The lowest BCUT2D eigenvalue weighted by molar-refractivity contribution is -0.132. The van der Waals surface area contributed by atoms with E-state index in [0.29, 0.717) is 19.3 Å². The van der Waals surface area contributed by atoms with Crippen molar-refractivity contribution in [1.82, 2.24) is 16.0 Å². The second-order valence-electron chi connectivity index (χ2n) is 15.2. The highest BCUT2D eigenvalue weighted by atomic mass is 16.5. The minimum atomic E-state index is -0.857. The summed E-state index contributed by atoms with van der Waals surface area (Å²) in [6.45, 7) is 12.4. The predicted octanol–water partition coefficient (Wildman–Crippen LogP) is 8.27. The highest BCUT2D eigenvalue weighted by Crippen LogP contribution is 2.37. The fourth-order valence-corrected chi connectivity index (χ4v) is 6.76. The molecule has 8 nitrogen and oxygen atoms in total. The van der Waals surface area contributed by atoms with Crippen LogP contribution in [-0.4, -0.2) is 42.3 Å². The van der Waals surface area contributed by atoms with E-state index in [0.717, 1.165) is 50.4 Å². The summed E-state index contributed by atoms with van der Waals surface area (Å²) in [4.78, 5) is 53.6. The van der Waals surface area contributed by atoms with Gasteiger partial charge in [-0.1, -0.05) is 136 Å². The summed E-state index contributed by atoms with van der Waals surface area (Å²) in [7, 11) is 0. The van der Waals surface area contributed by atoms with Crippen molar-refractivity contribution < 1.29 is 23.9 Å². The Kier molecular flexibility index (Phi) is 18.7. The number of rotatable bonds is 15. The number of aldehydes is 1. The van der Waals surface area contributed by atoms with Gasteiger partial charge >= 0.3 is 6.09 Å². The molecule has 266 valence electrons. The minimum absolute atomic E-state index is 0.0940. The van der Waals surface area contributed by atoms with Crippen LogP contribution < -0.4 is 16.0 Å². The summed E-state index contributed by atoms with van der Waals surface area (Å²) in [6.07, 6.45) is 15.1. The molecule has 1 saturated carbocycles. The van der Waals surface area contributed by atoms with E-state index in [1.54, 1.807) is 0 Å². The van der Waals surface area contributed by atoms with E-state index < -0.39 is 29.5 Å². The van der Waals surface area contributed by atoms with Crippen LogP contribution in [0.2, 0.25) is 0 Å². The van der Waals surface area contributed by atoms with E-state index in [9.17, 15) is 19.2 Å². The highest BCUT2D eigenvalue weighted by molar-refractivity contribution is 5.91. The maximum Gasteiger partial charge on any atom is 0.408 e. The summed E-state index contributed by atoms with van der Waals surface area (Å²) in [5, 5.41) is 9.02. The van der Waals surface area contributed by atoms with E-state index in [1.807, 2.05) is 58.0 Å². The van der Waals surface area contributed by atoms with Crippen LogP contribution in [-0.2, 0) is 25.7 Å². The lowest BCUT2D eigenvalue weighted by atomic mass is 9.70. The lowest BCUT2D eigenvalue weighted by Crippen LogP contribution is -2.58. The van der Waals surface area contributed by atoms with Crippen molar-refractivity contribution in [1.29, 1.82) is 0 Å². The van der Waals surface area contributed by atoms with E-state index in [-0.39, 0.29) is 36.3 Å². The Balaban J connectivity index is 2.23. The van der Waals surface area contributed by atoms with Crippen molar-refractivity contribution in [2.45, 2.75) is 163 Å². The first kappa shape index (κ1) is 40.3. The van der Waals surface area contributed by atoms with Crippen LogP contribution in [0.3, 0.4) is 0 Å². The van der Waals surface area contributed by atoms with Gasteiger partial charge in [0.2, 0.25) is 11.8 Å². The molecule has 8 heteroatoms. The third-order valence-corrected chi connectivity index (χ3v) is 9.36. The summed E-state index contributed by atoms with van der Waals surface area (Å²) in [5.74, 6) is -0.153. The number of benzene rings is 1. The van der Waals surface area contributed by atoms with E-state index in [4.69, 9.17) is 4.74 Å². The molecule has 47 heavy (non-hydrogen) atoms. The van der Waals surface area contributed by atoms with Crippen LogP contribution in [0.1, 0.15) is 143 Å². The molecule has 0 bridgehead atoms. The van der Waals surface area contributed by atoms with Gasteiger partial charge in [-0.3, -0.25) is 9.59 Å². The fourth-order valence-electron chi connectivity index (χ4n) is 6.76. The number of nitrogens with one attached hydrogen (secondary N) is 3. The van der Waals surface area contributed by atoms with Gasteiger partial charge in [-0.05, 0) is 55.4 Å². The summed E-state index contributed by atoms with van der Waals surface area (Å²) < 4.78 is 5.40. The average Bonchev–Trinajstić information content (AvgIpc) is 3.04. The molecule has 1 aromatic rings. The second kappa shape index (κ2) is 21.9. The summed E-state index contributed by atoms with van der Waals surface area (Å²) in [6, 6.07) is 7.40. The molecule has 1 aromatic carbocycles. The molecule has 1 fully saturated rings. The molecule has 3 amide bonds. The van der Waals surface area contributed by atoms with Crippen molar-refractivity contribution in [3.63, 3.8) is 0 Å². The molecule has 0 heterocycles. The molecule has 0 aliphatic heterocycles. The largest absolute Gasteiger partial charge is 0.445 e. The van der Waals surface area contributed by atoms with Crippen LogP contribution in [0.25, 0.3) is 0 Å². The molecular weight excluding hydrogens is 590 g/mol. The SMILES string of the molecule is CC(C)C[C@H](NC(=O)OCc1ccccc1)C(=O)N[C@@H](CC(C)C)C(=O)N[C@@H](CC(C)C)C1(C=O)CCCCCCCCCCCC1. The fraction of sp³-hybridized carbons (Fsp3) is 0.744. The molecule has 0 saturated heterocycles. The van der Waals surface area contributed by atoms with Crippen molar-refractivity contribution in [2.24, 2.45) is 23.2 Å². The number of hydrogen-bond donors (Lipinski definition) is 3. The Morgan fingerprint density at radius 2 is 1.11 bits per heavy atom. The topological polar surface area (TPSA) is 114 Å². The van der Waals surface area contributed by atoms with Crippen molar-refractivity contribution in [3.05, 3.63) is 35.9 Å². The first-order valence-corrected chi connectivity index (χ1v) is 18.5. The standard InChI is InChI=1S/C39H65N3O5/c1-29(2)24-33(40-36(44)34(25-30(3)4)41-38(46)47-27-32-20-16-15-17-21-32)37(45)42-35(26-31(5)6)39(28-43)22-18-13-11-9-7-8-10-12-14-19-23-39/h15-17,20-21,28-31,33-35H,7-14,18-19,22-27H2,1-6H3,(H,40,44)(H,41,46)(H,42,45)/t33-,34-,35-/m0/s1. The van der Waals surface area contributed by atoms with Crippen LogP contribution in [0.5, 0.6) is 0 Å². The van der Waals surface area contributed by atoms with Gasteiger partial charge in [0.05, 0.1) is 0 Å². The maximum absolute atomic E-state index is 14.1. The van der Waals surface area contributed by atoms with Crippen molar-refractivity contribution >= 4 is 24.2 Å². The molecule has 0 aromatic heterocycles. The number of ether oxygens (including phenoxy) is 1. The molecular formula is C39H65N3O5. The Hall–Kier alpha value is -2.90. The molecule has 3 N–H and O–H groups in total. The van der Waals surface area contributed by atoms with Gasteiger partial charge in [0.25, 0.3) is 0 Å². The van der Waals surface area contributed by atoms with Crippen LogP contribution >= 0.6 is 0 Å². The van der Waals surface area contributed by atoms with Crippen LogP contribution in [0.4, 0.5) is 4.79 Å². The van der Waals surface area contributed by atoms with Gasteiger partial charge in [-0.15, -0.1) is 0 Å². The third kappa shape index (κ3) is 15.7. The maximum atomic E-state index is 14.1. The molecule has 2 rings (SSSR count). The lowest BCUT2D eigenvalue weighted by Gasteiger charge is -2.39. The Morgan fingerprint density at radius 1 is 0.660 bits per heavy atom. The van der Waals surface area contributed by atoms with Gasteiger partial charge in [0, 0.05) is 11.5 Å². The Morgan fingerprint density at radius 3 is 1.57 bits per heavy atom. The van der Waals surface area contributed by atoms with Gasteiger partial charge < -0.3 is 25.5 Å². The van der Waals surface area contributed by atoms with Crippen LogP contribution in [0, 0.1) is 23.2 Å². The van der Waals surface area contributed by atoms with E-state index in [2.05, 4.69) is 29.8 Å². The van der Waals surface area contributed by atoms with Gasteiger partial charge in [0.15, 0.2) is 0 Å². The Labute approximate surface area is 285 Å². The quantitative estimate of drug-likeness (QED) is 0.165. The summed E-state index contributed by atoms with van der Waals surface area (Å²) in [5.41, 5.74) is 0.215.